The third-order valence-corrected chi connectivity index (χ3v) is 6.15. The Morgan fingerprint density at radius 1 is 0.735 bits per heavy atom. The molecule has 2 fully saturated rings. The molecule has 8 nitrogen and oxygen atoms in total. The van der Waals surface area contributed by atoms with Crippen molar-refractivity contribution in [3.05, 3.63) is 59.7 Å². The van der Waals surface area contributed by atoms with Crippen molar-refractivity contribution in [2.24, 2.45) is 0 Å². The molecule has 34 heavy (non-hydrogen) atoms. The lowest BCUT2D eigenvalue weighted by Crippen LogP contribution is -2.40. The maximum absolute atomic E-state index is 12.9. The lowest BCUT2D eigenvalue weighted by atomic mass is 10.1. The van der Waals surface area contributed by atoms with E-state index in [0.29, 0.717) is 48.8 Å². The number of hydrogen-bond donors (Lipinski definition) is 2. The van der Waals surface area contributed by atoms with Gasteiger partial charge in [0.1, 0.15) is 0 Å². The number of nitrogens with one attached hydrogen (secondary N) is 2. The number of carbonyl (C=O) groups excluding carboxylic acids is 3. The third-order valence-electron chi connectivity index (χ3n) is 6.15. The third kappa shape index (κ3) is 6.35. The van der Waals surface area contributed by atoms with Crippen LogP contribution in [0.2, 0.25) is 0 Å². The van der Waals surface area contributed by atoms with Crippen LogP contribution in [0.1, 0.15) is 46.4 Å². The van der Waals surface area contributed by atoms with Gasteiger partial charge in [0.2, 0.25) is 5.91 Å². The lowest BCUT2D eigenvalue weighted by Gasteiger charge is -2.27. The topological polar surface area (TPSA) is 91.0 Å². The quantitative estimate of drug-likeness (QED) is 0.685. The SMILES string of the molecule is O=C(CNc1cccc(C(=O)N2CCOCC2)c1)Nc1cccc(C(=O)N2CCCCCC2)c1. The number of hydrogen-bond acceptors (Lipinski definition) is 5. The van der Waals surface area contributed by atoms with Crippen molar-refractivity contribution >= 4 is 29.1 Å². The first-order valence-corrected chi connectivity index (χ1v) is 12.0. The van der Waals surface area contributed by atoms with Gasteiger partial charge < -0.3 is 25.2 Å². The Balaban J connectivity index is 1.31. The zero-order valence-corrected chi connectivity index (χ0v) is 19.4. The molecule has 2 N–H and O–H groups in total. The molecule has 0 aliphatic carbocycles. The van der Waals surface area contributed by atoms with Gasteiger partial charge in [-0.1, -0.05) is 25.0 Å². The Labute approximate surface area is 200 Å². The van der Waals surface area contributed by atoms with E-state index in [1.54, 1.807) is 47.4 Å². The maximum atomic E-state index is 12.9. The van der Waals surface area contributed by atoms with E-state index in [-0.39, 0.29) is 24.3 Å². The number of rotatable bonds is 6. The summed E-state index contributed by atoms with van der Waals surface area (Å²) in [5.41, 5.74) is 2.44. The first-order chi connectivity index (χ1) is 16.6. The molecular formula is C26H32N4O4. The lowest BCUT2D eigenvalue weighted by molar-refractivity contribution is -0.114. The van der Waals surface area contributed by atoms with Crippen molar-refractivity contribution in [1.82, 2.24) is 9.80 Å². The fourth-order valence-corrected chi connectivity index (χ4v) is 4.29. The van der Waals surface area contributed by atoms with Crippen molar-refractivity contribution in [3.63, 3.8) is 0 Å². The summed E-state index contributed by atoms with van der Waals surface area (Å²) in [6.45, 7) is 3.87. The van der Waals surface area contributed by atoms with Crippen molar-refractivity contribution in [1.29, 1.82) is 0 Å². The molecule has 180 valence electrons. The second kappa shape index (κ2) is 11.7. The van der Waals surface area contributed by atoms with E-state index in [0.717, 1.165) is 38.8 Å². The number of carbonyl (C=O) groups is 3. The second-order valence-electron chi connectivity index (χ2n) is 8.67. The molecule has 3 amide bonds. The molecule has 0 saturated carbocycles. The summed E-state index contributed by atoms with van der Waals surface area (Å²) < 4.78 is 5.31. The Kier molecular flexibility index (Phi) is 8.14. The number of likely N-dealkylation sites (tertiary alicyclic amines) is 1. The van der Waals surface area contributed by atoms with Crippen molar-refractivity contribution in [2.75, 3.05) is 56.6 Å². The Morgan fingerprint density at radius 2 is 1.29 bits per heavy atom. The van der Waals surface area contributed by atoms with Crippen LogP contribution in [0.15, 0.2) is 48.5 Å². The Morgan fingerprint density at radius 3 is 1.94 bits per heavy atom. The summed E-state index contributed by atoms with van der Waals surface area (Å²) >= 11 is 0. The summed E-state index contributed by atoms with van der Waals surface area (Å²) in [5, 5.41) is 5.93. The highest BCUT2D eigenvalue weighted by Gasteiger charge is 2.19. The van der Waals surface area contributed by atoms with E-state index in [9.17, 15) is 14.4 Å². The Bertz CT molecular complexity index is 1010. The highest BCUT2D eigenvalue weighted by Crippen LogP contribution is 2.17. The molecule has 0 spiro atoms. The van der Waals surface area contributed by atoms with Gasteiger partial charge in [0.15, 0.2) is 0 Å². The molecule has 2 aliphatic heterocycles. The van der Waals surface area contributed by atoms with Gasteiger partial charge in [-0.25, -0.2) is 0 Å². The first-order valence-electron chi connectivity index (χ1n) is 12.0. The standard InChI is InChI=1S/C26H32N4O4/c31-24(19-27-22-9-5-7-20(17-22)26(33)30-13-15-34-16-14-30)28-23-10-6-8-21(18-23)25(32)29-11-3-1-2-4-12-29/h5-10,17-18,27H,1-4,11-16,19H2,(H,28,31). The molecule has 0 bridgehead atoms. The smallest absolute Gasteiger partial charge is 0.254 e. The summed E-state index contributed by atoms with van der Waals surface area (Å²) in [5.74, 6) is -0.260. The minimum absolute atomic E-state index is 0.0119. The molecule has 0 aromatic heterocycles. The van der Waals surface area contributed by atoms with Gasteiger partial charge >= 0.3 is 0 Å². The van der Waals surface area contributed by atoms with E-state index in [1.807, 2.05) is 11.0 Å². The minimum Gasteiger partial charge on any atom is -0.378 e. The number of ether oxygens (including phenoxy) is 1. The van der Waals surface area contributed by atoms with Gasteiger partial charge in [-0.3, -0.25) is 14.4 Å². The molecule has 2 heterocycles. The van der Waals surface area contributed by atoms with E-state index in [2.05, 4.69) is 10.6 Å². The highest BCUT2D eigenvalue weighted by molar-refractivity contribution is 5.98. The summed E-state index contributed by atoms with van der Waals surface area (Å²) in [4.78, 5) is 41.7. The molecule has 2 saturated heterocycles. The van der Waals surface area contributed by atoms with Crippen LogP contribution in [-0.2, 0) is 9.53 Å². The van der Waals surface area contributed by atoms with Crippen molar-refractivity contribution in [2.45, 2.75) is 25.7 Å². The van der Waals surface area contributed by atoms with E-state index in [1.165, 1.54) is 0 Å². The van der Waals surface area contributed by atoms with Gasteiger partial charge in [0.05, 0.1) is 19.8 Å². The number of nitrogens with zero attached hydrogens (tertiary/aromatic N) is 2. The maximum Gasteiger partial charge on any atom is 0.254 e. The molecule has 2 aromatic rings. The molecule has 2 aliphatic rings. The minimum atomic E-state index is -0.232. The molecular weight excluding hydrogens is 432 g/mol. The molecule has 0 unspecified atom stereocenters. The van der Waals surface area contributed by atoms with Crippen molar-refractivity contribution in [3.8, 4) is 0 Å². The monoisotopic (exact) mass is 464 g/mol. The van der Waals surface area contributed by atoms with E-state index >= 15 is 0 Å². The first kappa shape index (κ1) is 23.8. The molecule has 0 atom stereocenters. The largest absolute Gasteiger partial charge is 0.378 e. The molecule has 2 aromatic carbocycles. The average molecular weight is 465 g/mol. The normalized spacial score (nSPS) is 16.5. The van der Waals surface area contributed by atoms with Gasteiger partial charge in [0, 0.05) is 48.7 Å². The fraction of sp³-hybridized carbons (Fsp3) is 0.423. The summed E-state index contributed by atoms with van der Waals surface area (Å²) in [7, 11) is 0. The van der Waals surface area contributed by atoms with Crippen LogP contribution in [0.5, 0.6) is 0 Å². The highest BCUT2D eigenvalue weighted by atomic mass is 16.5. The molecule has 0 radical (unpaired) electrons. The van der Waals surface area contributed by atoms with Gasteiger partial charge in [-0.05, 0) is 49.2 Å². The zero-order valence-electron chi connectivity index (χ0n) is 19.4. The fourth-order valence-electron chi connectivity index (χ4n) is 4.29. The summed E-state index contributed by atoms with van der Waals surface area (Å²) in [6.07, 6.45) is 4.40. The molecule has 4 rings (SSSR count). The van der Waals surface area contributed by atoms with E-state index < -0.39 is 0 Å². The van der Waals surface area contributed by atoms with Crippen LogP contribution in [0, 0.1) is 0 Å². The Hall–Kier alpha value is -3.39. The van der Waals surface area contributed by atoms with Gasteiger partial charge in [-0.2, -0.15) is 0 Å². The van der Waals surface area contributed by atoms with Crippen molar-refractivity contribution < 1.29 is 19.1 Å². The van der Waals surface area contributed by atoms with Crippen LogP contribution >= 0.6 is 0 Å². The zero-order chi connectivity index (χ0) is 23.8. The predicted octanol–water partition coefficient (Wildman–Crippen LogP) is 3.23. The van der Waals surface area contributed by atoms with Crippen LogP contribution in [-0.4, -0.2) is 73.5 Å². The van der Waals surface area contributed by atoms with Crippen LogP contribution in [0.4, 0.5) is 11.4 Å². The predicted molar refractivity (Wildman–Crippen MR) is 131 cm³/mol. The van der Waals surface area contributed by atoms with Gasteiger partial charge in [-0.15, -0.1) is 0 Å². The number of anilines is 2. The number of morpholine rings is 1. The average Bonchev–Trinajstić information content (AvgIpc) is 3.17. The number of amides is 3. The second-order valence-corrected chi connectivity index (χ2v) is 8.67. The van der Waals surface area contributed by atoms with Crippen LogP contribution in [0.3, 0.4) is 0 Å². The van der Waals surface area contributed by atoms with Crippen LogP contribution < -0.4 is 10.6 Å². The number of benzene rings is 2. The van der Waals surface area contributed by atoms with Crippen LogP contribution in [0.25, 0.3) is 0 Å². The van der Waals surface area contributed by atoms with E-state index in [4.69, 9.17) is 4.74 Å². The summed E-state index contributed by atoms with van der Waals surface area (Å²) in [6, 6.07) is 14.2. The van der Waals surface area contributed by atoms with Gasteiger partial charge in [0.25, 0.3) is 11.8 Å². The molecule has 8 heteroatoms.